The molecule has 3 aromatic carbocycles. The lowest BCUT2D eigenvalue weighted by molar-refractivity contribution is -0.137. The Labute approximate surface area is 213 Å². The van der Waals surface area contributed by atoms with Crippen molar-refractivity contribution in [2.24, 2.45) is 0 Å². The molecule has 0 aliphatic heterocycles. The quantitative estimate of drug-likeness (QED) is 0.246. The summed E-state index contributed by atoms with van der Waals surface area (Å²) in [4.78, 5) is 16.6. The van der Waals surface area contributed by atoms with E-state index in [1.165, 1.54) is 41.3 Å². The van der Waals surface area contributed by atoms with E-state index in [9.17, 15) is 22.4 Å². The Kier molecular flexibility index (Phi) is 6.65. The van der Waals surface area contributed by atoms with E-state index in [1.54, 1.807) is 42.5 Å². The fourth-order valence-electron chi connectivity index (χ4n) is 3.54. The highest BCUT2D eigenvalue weighted by atomic mass is 19.4. The minimum Gasteiger partial charge on any atom is -0.459 e. The van der Waals surface area contributed by atoms with Crippen LogP contribution < -0.4 is 10.1 Å². The molecule has 2 aromatic heterocycles. The van der Waals surface area contributed by atoms with E-state index in [0.717, 1.165) is 12.1 Å². The molecule has 0 radical (unpaired) electrons. The molecule has 2 heterocycles. The van der Waals surface area contributed by atoms with Crippen LogP contribution in [0, 0.1) is 5.82 Å². The molecule has 0 saturated carbocycles. The summed E-state index contributed by atoms with van der Waals surface area (Å²) < 4.78 is 64.6. The molecule has 0 aliphatic rings. The SMILES string of the molecule is O=C(Nc1ccc(-n2nc(OCc3ccc(F)cc3)nc2-c2ccc(C(F)(F)F)cc2)cc1)c1ccco1. The third kappa shape index (κ3) is 5.56. The highest BCUT2D eigenvalue weighted by Gasteiger charge is 2.30. The number of aromatic nitrogens is 3. The van der Waals surface area contributed by atoms with E-state index in [4.69, 9.17) is 9.15 Å². The smallest absolute Gasteiger partial charge is 0.416 e. The number of hydrogen-bond acceptors (Lipinski definition) is 5. The molecular formula is C27H18F4N4O3. The predicted molar refractivity (Wildman–Crippen MR) is 129 cm³/mol. The van der Waals surface area contributed by atoms with Gasteiger partial charge in [0.1, 0.15) is 12.4 Å². The molecule has 0 aliphatic carbocycles. The monoisotopic (exact) mass is 522 g/mol. The van der Waals surface area contributed by atoms with Crippen molar-refractivity contribution in [3.05, 3.63) is 114 Å². The van der Waals surface area contributed by atoms with Crippen LogP contribution in [0.15, 0.2) is 95.6 Å². The van der Waals surface area contributed by atoms with E-state index in [0.29, 0.717) is 22.5 Å². The first-order valence-corrected chi connectivity index (χ1v) is 11.2. The van der Waals surface area contributed by atoms with Gasteiger partial charge in [0.25, 0.3) is 5.91 Å². The van der Waals surface area contributed by atoms with E-state index in [1.807, 2.05) is 0 Å². The number of carbonyl (C=O) groups excluding carboxylic acids is 1. The van der Waals surface area contributed by atoms with E-state index >= 15 is 0 Å². The first kappa shape index (κ1) is 24.8. The third-order valence-corrected chi connectivity index (χ3v) is 5.45. The normalized spacial score (nSPS) is 11.4. The molecule has 0 bridgehead atoms. The Bertz CT molecular complexity index is 1530. The summed E-state index contributed by atoms with van der Waals surface area (Å²) >= 11 is 0. The van der Waals surface area contributed by atoms with Crippen molar-refractivity contribution >= 4 is 11.6 Å². The summed E-state index contributed by atoms with van der Waals surface area (Å²) in [5.41, 5.74) is 1.25. The number of ether oxygens (including phenoxy) is 1. The number of anilines is 1. The Balaban J connectivity index is 1.43. The Morgan fingerprint density at radius 1 is 0.947 bits per heavy atom. The molecule has 0 atom stereocenters. The van der Waals surface area contributed by atoms with Crippen LogP contribution in [0.25, 0.3) is 17.1 Å². The van der Waals surface area contributed by atoms with Crippen molar-refractivity contribution < 1.29 is 31.5 Å². The van der Waals surface area contributed by atoms with Crippen molar-refractivity contribution in [1.82, 2.24) is 14.8 Å². The molecule has 0 spiro atoms. The van der Waals surface area contributed by atoms with Gasteiger partial charge in [0.2, 0.25) is 0 Å². The second kappa shape index (κ2) is 10.2. The minimum atomic E-state index is -4.48. The van der Waals surface area contributed by atoms with Gasteiger partial charge >= 0.3 is 12.2 Å². The lowest BCUT2D eigenvalue weighted by Gasteiger charge is -2.09. The van der Waals surface area contributed by atoms with Crippen LogP contribution in [-0.2, 0) is 12.8 Å². The summed E-state index contributed by atoms with van der Waals surface area (Å²) in [5, 5.41) is 7.08. The van der Waals surface area contributed by atoms with E-state index < -0.39 is 17.6 Å². The molecule has 0 saturated heterocycles. The Morgan fingerprint density at radius 2 is 1.66 bits per heavy atom. The summed E-state index contributed by atoms with van der Waals surface area (Å²) in [6, 6.07) is 19.9. The highest BCUT2D eigenvalue weighted by molar-refractivity contribution is 6.02. The van der Waals surface area contributed by atoms with Crippen LogP contribution in [-0.4, -0.2) is 20.7 Å². The topological polar surface area (TPSA) is 82.2 Å². The Hall–Kier alpha value is -4.93. The maximum atomic E-state index is 13.2. The summed E-state index contributed by atoms with van der Waals surface area (Å²) in [6.45, 7) is 0.0501. The van der Waals surface area contributed by atoms with Crippen LogP contribution >= 0.6 is 0 Å². The van der Waals surface area contributed by atoms with Crippen LogP contribution in [0.2, 0.25) is 0 Å². The fourth-order valence-corrected chi connectivity index (χ4v) is 3.54. The van der Waals surface area contributed by atoms with Gasteiger partial charge in [0, 0.05) is 11.3 Å². The molecule has 5 rings (SSSR count). The third-order valence-electron chi connectivity index (χ3n) is 5.45. The van der Waals surface area contributed by atoms with Crippen LogP contribution in [0.5, 0.6) is 6.01 Å². The zero-order valence-corrected chi connectivity index (χ0v) is 19.4. The average Bonchev–Trinajstić information content (AvgIpc) is 3.59. The lowest BCUT2D eigenvalue weighted by Crippen LogP contribution is -2.10. The standard InChI is InChI=1S/C27H18F4N4O3/c28-20-9-3-17(4-10-20)16-38-26-33-24(18-5-7-19(8-6-18)27(29,30)31)35(34-26)22-13-11-21(12-14-22)32-25(36)23-2-1-15-37-23/h1-15H,16H2,(H,32,36). The van der Waals surface area contributed by atoms with Crippen molar-refractivity contribution in [2.45, 2.75) is 12.8 Å². The highest BCUT2D eigenvalue weighted by Crippen LogP contribution is 2.32. The Morgan fingerprint density at radius 3 is 2.29 bits per heavy atom. The van der Waals surface area contributed by atoms with Gasteiger partial charge in [-0.3, -0.25) is 4.79 Å². The van der Waals surface area contributed by atoms with Gasteiger partial charge in [0.05, 0.1) is 17.5 Å². The number of carbonyl (C=O) groups is 1. The van der Waals surface area contributed by atoms with Crippen molar-refractivity contribution in [2.75, 3.05) is 5.32 Å². The van der Waals surface area contributed by atoms with Crippen LogP contribution in [0.4, 0.5) is 23.2 Å². The van der Waals surface area contributed by atoms with Crippen molar-refractivity contribution in [3.63, 3.8) is 0 Å². The van der Waals surface area contributed by atoms with Gasteiger partial charge in [-0.15, -0.1) is 5.10 Å². The van der Waals surface area contributed by atoms with Gasteiger partial charge < -0.3 is 14.5 Å². The average molecular weight is 522 g/mol. The maximum absolute atomic E-state index is 13.2. The first-order chi connectivity index (χ1) is 18.3. The summed E-state index contributed by atoms with van der Waals surface area (Å²) in [6.07, 6.45) is -3.09. The summed E-state index contributed by atoms with van der Waals surface area (Å²) in [7, 11) is 0. The number of rotatable bonds is 7. The second-order valence-corrected chi connectivity index (χ2v) is 8.10. The van der Waals surface area contributed by atoms with Gasteiger partial charge in [-0.1, -0.05) is 24.3 Å². The molecule has 192 valence electrons. The van der Waals surface area contributed by atoms with Crippen molar-refractivity contribution in [1.29, 1.82) is 0 Å². The fraction of sp³-hybridized carbons (Fsp3) is 0.0741. The largest absolute Gasteiger partial charge is 0.459 e. The second-order valence-electron chi connectivity index (χ2n) is 8.10. The number of alkyl halides is 3. The molecule has 1 amide bonds. The number of furan rings is 1. The first-order valence-electron chi connectivity index (χ1n) is 11.2. The number of amides is 1. The van der Waals surface area contributed by atoms with Gasteiger partial charge in [-0.05, 0) is 66.2 Å². The maximum Gasteiger partial charge on any atom is 0.416 e. The number of hydrogen-bond donors (Lipinski definition) is 1. The predicted octanol–water partition coefficient (Wildman–Crippen LogP) is 6.52. The minimum absolute atomic E-state index is 0.0283. The zero-order chi connectivity index (χ0) is 26.7. The number of nitrogens with one attached hydrogen (secondary N) is 1. The number of nitrogens with zero attached hydrogens (tertiary/aromatic N) is 3. The van der Waals surface area contributed by atoms with Gasteiger partial charge in [0.15, 0.2) is 11.6 Å². The number of halogens is 4. The lowest BCUT2D eigenvalue weighted by atomic mass is 10.1. The molecule has 0 unspecified atom stereocenters. The van der Waals surface area contributed by atoms with Gasteiger partial charge in [-0.25, -0.2) is 9.07 Å². The van der Waals surface area contributed by atoms with Gasteiger partial charge in [-0.2, -0.15) is 18.2 Å². The molecular weight excluding hydrogens is 504 g/mol. The van der Waals surface area contributed by atoms with Crippen molar-refractivity contribution in [3.8, 4) is 23.1 Å². The molecule has 38 heavy (non-hydrogen) atoms. The zero-order valence-electron chi connectivity index (χ0n) is 19.4. The van der Waals surface area contributed by atoms with Crippen LogP contribution in [0.1, 0.15) is 21.7 Å². The number of benzene rings is 3. The summed E-state index contributed by atoms with van der Waals surface area (Å²) in [5.74, 6) is -0.423. The molecule has 7 nitrogen and oxygen atoms in total. The molecule has 1 N–H and O–H groups in total. The van der Waals surface area contributed by atoms with E-state index in [-0.39, 0.29) is 30.0 Å². The molecule has 0 fully saturated rings. The molecule has 5 aromatic rings. The van der Waals surface area contributed by atoms with Crippen LogP contribution in [0.3, 0.4) is 0 Å². The van der Waals surface area contributed by atoms with E-state index in [2.05, 4.69) is 15.4 Å². The molecule has 11 heteroatoms.